The molecule has 0 aliphatic carbocycles. The topological polar surface area (TPSA) is 65.6 Å². The van der Waals surface area contributed by atoms with Crippen molar-refractivity contribution in [2.75, 3.05) is 0 Å². The first-order valence-corrected chi connectivity index (χ1v) is 1.12. The third kappa shape index (κ3) is 532. The predicted octanol–water partition coefficient (Wildman–Crippen LogP) is -1.06. The molecule has 0 unspecified atom stereocenters. The Kier molecular flexibility index (Phi) is 25.8. The number of rotatable bonds is 0. The van der Waals surface area contributed by atoms with Gasteiger partial charge in [-0.05, 0) is 0 Å². The summed E-state index contributed by atoms with van der Waals surface area (Å²) in [5.41, 5.74) is 0. The first kappa shape index (κ1) is 8.95. The quantitative estimate of drug-likeness (QED) is 0.397. The van der Waals surface area contributed by atoms with Gasteiger partial charge in [-0.25, -0.2) is 0 Å². The minimum atomic E-state index is -1.06. The van der Waals surface area contributed by atoms with Gasteiger partial charge in [0.2, 0.25) is 0 Å². The van der Waals surface area contributed by atoms with Crippen molar-refractivity contribution in [3.05, 3.63) is 0 Å². The second-order valence-corrected chi connectivity index (χ2v) is 0.229. The molecule has 0 heterocycles. The molecule has 0 aliphatic heterocycles. The molecule has 0 saturated heterocycles. The maximum atomic E-state index is 8.34. The molecule has 29 valence electrons. The van der Waals surface area contributed by atoms with E-state index in [1.165, 1.54) is 0 Å². The summed E-state index contributed by atoms with van der Waals surface area (Å²) < 4.78 is 16.7. The second-order valence-electron chi connectivity index (χ2n) is 0.0556. The molecule has 0 spiro atoms. The average molecular weight is 109 g/mol. The molecule has 0 rings (SSSR count). The van der Waals surface area contributed by atoms with Gasteiger partial charge in [-0.1, -0.05) is 0 Å². The second kappa shape index (κ2) is 11.5. The fourth-order valence-electron chi connectivity index (χ4n) is 0. The summed E-state index contributed by atoms with van der Waals surface area (Å²) in [7, 11) is 0. The Labute approximate surface area is 28.7 Å². The molecule has 0 atom stereocenters. The Bertz CT molecular complexity index is 24.3. The number of hydrogen-bond acceptors (Lipinski definition) is 2. The molecule has 4 heavy (non-hydrogen) atoms. The van der Waals surface area contributed by atoms with Crippen LogP contribution < -0.4 is 0 Å². The molecule has 0 bridgehead atoms. The Hall–Kier alpha value is 0.0665. The van der Waals surface area contributed by atoms with Crippen LogP contribution in [0.15, 0.2) is 0 Å². The molecule has 0 amide bonds. The van der Waals surface area contributed by atoms with Gasteiger partial charge < -0.3 is 5.48 Å². The summed E-state index contributed by atoms with van der Waals surface area (Å²) in [6.45, 7) is 0. The van der Waals surface area contributed by atoms with E-state index in [2.05, 4.69) is 0 Å². The summed E-state index contributed by atoms with van der Waals surface area (Å²) >= 11 is -1.06. The fraction of sp³-hybridized carbons (Fsp3) is 0. The van der Waals surface area contributed by atoms with Gasteiger partial charge in [0.1, 0.15) is 0 Å². The van der Waals surface area contributed by atoms with Crippen molar-refractivity contribution in [1.82, 2.24) is 0 Å². The molecule has 0 radical (unpaired) electrons. The van der Waals surface area contributed by atoms with Gasteiger partial charge in [-0.2, -0.15) is 0 Å². The molecule has 0 aromatic heterocycles. The van der Waals surface area contributed by atoms with Crippen molar-refractivity contribution in [2.45, 2.75) is 0 Å². The molecule has 2 N–H and O–H groups in total. The van der Waals surface area contributed by atoms with Crippen LogP contribution in [0.2, 0.25) is 0 Å². The molecule has 0 fully saturated rings. The molecule has 0 aromatic carbocycles. The van der Waals surface area contributed by atoms with E-state index >= 15 is 0 Å². The van der Waals surface area contributed by atoms with Crippen LogP contribution in [0.25, 0.3) is 0 Å². The zero-order valence-corrected chi connectivity index (χ0v) is 2.69. The van der Waals surface area contributed by atoms with E-state index in [-0.39, 0.29) is 5.48 Å². The third-order valence-corrected chi connectivity index (χ3v) is 0. The molecule has 0 aromatic rings. The monoisotopic (exact) mass is 109 g/mol. The first-order valence-electron chi connectivity index (χ1n) is 0.272. The Morgan fingerprint density at radius 3 is 1.25 bits per heavy atom. The predicted molar refractivity (Wildman–Crippen MR) is 4.99 cm³/mol. The summed E-state index contributed by atoms with van der Waals surface area (Å²) in [6, 6.07) is 0. The van der Waals surface area contributed by atoms with Gasteiger partial charge in [0.05, 0.1) is 0 Å². The molecule has 3 nitrogen and oxygen atoms in total. The Balaban J connectivity index is 0. The van der Waals surface area contributed by atoms with Gasteiger partial charge in [0.15, 0.2) is 0 Å². The normalized spacial score (nSPS) is 4.00. The van der Waals surface area contributed by atoms with Crippen molar-refractivity contribution >= 4 is 0 Å². The van der Waals surface area contributed by atoms with Gasteiger partial charge in [-0.3, -0.25) is 0 Å². The zero-order chi connectivity index (χ0) is 2.71. The molecule has 0 aliphatic rings. The fourth-order valence-corrected chi connectivity index (χ4v) is 0. The Morgan fingerprint density at radius 2 is 1.25 bits per heavy atom. The van der Waals surface area contributed by atoms with Gasteiger partial charge in [0.25, 0.3) is 0 Å². The van der Waals surface area contributed by atoms with Gasteiger partial charge in [-0.15, -0.1) is 0 Å². The van der Waals surface area contributed by atoms with Crippen molar-refractivity contribution in [2.24, 2.45) is 0 Å². The van der Waals surface area contributed by atoms with Crippen molar-refractivity contribution in [3.8, 4) is 0 Å². The van der Waals surface area contributed by atoms with Crippen LogP contribution in [0.1, 0.15) is 0 Å². The summed E-state index contributed by atoms with van der Waals surface area (Å²) in [6.07, 6.45) is 0. The molecular weight excluding hydrogens is 107 g/mol. The average Bonchev–Trinajstić information content (AvgIpc) is 0.918. The van der Waals surface area contributed by atoms with E-state index in [1.54, 1.807) is 0 Å². The van der Waals surface area contributed by atoms with Crippen LogP contribution >= 0.6 is 0 Å². The van der Waals surface area contributed by atoms with Crippen LogP contribution in [0, 0.1) is 0 Å². The molecule has 0 saturated carbocycles. The Morgan fingerprint density at radius 1 is 1.25 bits per heavy atom. The van der Waals surface area contributed by atoms with E-state index in [0.29, 0.717) is 0 Å². The van der Waals surface area contributed by atoms with E-state index in [9.17, 15) is 0 Å². The van der Waals surface area contributed by atoms with Crippen molar-refractivity contribution < 1.29 is 27.8 Å². The third-order valence-electron chi connectivity index (χ3n) is 0. The van der Waals surface area contributed by atoms with Gasteiger partial charge in [0, 0.05) is 0 Å². The SMILES string of the molecule is O.[O]=[Co]=[O]. The van der Waals surface area contributed by atoms with E-state index < -0.39 is 14.6 Å². The van der Waals surface area contributed by atoms with Crippen molar-refractivity contribution in [3.63, 3.8) is 0 Å². The van der Waals surface area contributed by atoms with Crippen LogP contribution in [-0.2, 0) is 22.3 Å². The van der Waals surface area contributed by atoms with Crippen LogP contribution in [0.5, 0.6) is 0 Å². The zero-order valence-electron chi connectivity index (χ0n) is 1.65. The summed E-state index contributed by atoms with van der Waals surface area (Å²) in [5.74, 6) is 0. The molecule has 4 heteroatoms. The van der Waals surface area contributed by atoms with Crippen LogP contribution in [0.3, 0.4) is 0 Å². The van der Waals surface area contributed by atoms with Crippen LogP contribution in [-0.4, -0.2) is 5.48 Å². The van der Waals surface area contributed by atoms with E-state index in [0.717, 1.165) is 0 Å². The first-order chi connectivity index (χ1) is 1.41. The van der Waals surface area contributed by atoms with Gasteiger partial charge >= 0.3 is 22.3 Å². The molecular formula is H2CoO3. The number of hydrogen-bond donors (Lipinski definition) is 0. The summed E-state index contributed by atoms with van der Waals surface area (Å²) in [5, 5.41) is 0. The van der Waals surface area contributed by atoms with E-state index in [1.807, 2.05) is 0 Å². The minimum absolute atomic E-state index is 0. The maximum absolute atomic E-state index is 8.34. The standard InChI is InChI=1S/Co.H2O.2O/h;1H2;;. The van der Waals surface area contributed by atoms with E-state index in [4.69, 9.17) is 7.73 Å². The summed E-state index contributed by atoms with van der Waals surface area (Å²) in [4.78, 5) is 0. The van der Waals surface area contributed by atoms with Crippen molar-refractivity contribution in [1.29, 1.82) is 0 Å². The van der Waals surface area contributed by atoms with Crippen LogP contribution in [0.4, 0.5) is 0 Å².